The molecule has 0 amide bonds. The number of nitrogens with two attached hydrogens (primary N) is 1. The van der Waals surface area contributed by atoms with Gasteiger partial charge in [0.1, 0.15) is 11.9 Å². The lowest BCUT2D eigenvalue weighted by molar-refractivity contribution is -0.137. The number of carboxylic acid groups (broad SMARTS) is 1. The Labute approximate surface area is 102 Å². The molecule has 88 valence electrons. The summed E-state index contributed by atoms with van der Waals surface area (Å²) in [4.78, 5) is 10.4. The van der Waals surface area contributed by atoms with Gasteiger partial charge in [0.15, 0.2) is 0 Å². The van der Waals surface area contributed by atoms with Crippen LogP contribution in [-0.4, -0.2) is 22.9 Å². The van der Waals surface area contributed by atoms with Crippen LogP contribution in [0.1, 0.15) is 5.56 Å². The normalized spacial score (nSPS) is 12.4. The Bertz CT molecular complexity index is 389. The van der Waals surface area contributed by atoms with Crippen molar-refractivity contribution >= 4 is 29.3 Å². The molecular weight excluding hydrogens is 253 g/mol. The highest BCUT2D eigenvalue weighted by Gasteiger charge is 2.12. The van der Waals surface area contributed by atoms with E-state index in [0.29, 0.717) is 11.3 Å². The Morgan fingerprint density at radius 3 is 2.94 bits per heavy atom. The molecule has 3 N–H and O–H groups in total. The largest absolute Gasteiger partial charge is 0.480 e. The maximum Gasteiger partial charge on any atom is 0.321 e. The van der Waals surface area contributed by atoms with Gasteiger partial charge < -0.3 is 10.8 Å². The van der Waals surface area contributed by atoms with Crippen LogP contribution in [0, 0.1) is 5.82 Å². The number of hydrogen-bond donors (Lipinski definition) is 2. The summed E-state index contributed by atoms with van der Waals surface area (Å²) < 4.78 is 13.4. The number of halogens is 2. The molecule has 1 aromatic rings. The van der Waals surface area contributed by atoms with Crippen molar-refractivity contribution in [1.29, 1.82) is 0 Å². The van der Waals surface area contributed by atoms with Crippen molar-refractivity contribution in [3.05, 3.63) is 34.6 Å². The Hall–Kier alpha value is -0.780. The van der Waals surface area contributed by atoms with Gasteiger partial charge in [0, 0.05) is 11.5 Å². The van der Waals surface area contributed by atoms with Crippen molar-refractivity contribution in [1.82, 2.24) is 0 Å². The second-order valence-corrected chi connectivity index (χ2v) is 4.61. The van der Waals surface area contributed by atoms with E-state index in [1.807, 2.05) is 0 Å². The van der Waals surface area contributed by atoms with Crippen LogP contribution in [-0.2, 0) is 10.5 Å². The van der Waals surface area contributed by atoms with Crippen molar-refractivity contribution < 1.29 is 14.3 Å². The zero-order valence-electron chi connectivity index (χ0n) is 8.32. The van der Waals surface area contributed by atoms with Crippen LogP contribution in [0.2, 0.25) is 5.02 Å². The molecule has 1 rings (SSSR count). The highest BCUT2D eigenvalue weighted by Crippen LogP contribution is 2.22. The molecule has 0 saturated heterocycles. The SMILES string of the molecule is N[C@H](CSCc1cccc(Cl)c1F)C(=O)O. The number of rotatable bonds is 5. The quantitative estimate of drug-likeness (QED) is 0.854. The van der Waals surface area contributed by atoms with Crippen molar-refractivity contribution in [2.75, 3.05) is 5.75 Å². The third-order valence-corrected chi connectivity index (χ3v) is 3.31. The molecule has 0 unspecified atom stereocenters. The Morgan fingerprint density at radius 1 is 1.62 bits per heavy atom. The van der Waals surface area contributed by atoms with Gasteiger partial charge in [-0.25, -0.2) is 4.39 Å². The van der Waals surface area contributed by atoms with E-state index in [0.717, 1.165) is 0 Å². The molecule has 0 spiro atoms. The maximum atomic E-state index is 13.4. The van der Waals surface area contributed by atoms with Crippen molar-refractivity contribution in [3.63, 3.8) is 0 Å². The summed E-state index contributed by atoms with van der Waals surface area (Å²) in [5, 5.41) is 8.61. The summed E-state index contributed by atoms with van der Waals surface area (Å²) in [6.45, 7) is 0. The Kier molecular flexibility index (Phi) is 5.05. The zero-order valence-corrected chi connectivity index (χ0v) is 9.89. The van der Waals surface area contributed by atoms with E-state index in [1.54, 1.807) is 12.1 Å². The Morgan fingerprint density at radius 2 is 2.31 bits per heavy atom. The van der Waals surface area contributed by atoms with Gasteiger partial charge in [-0.3, -0.25) is 4.79 Å². The topological polar surface area (TPSA) is 63.3 Å². The smallest absolute Gasteiger partial charge is 0.321 e. The van der Waals surface area contributed by atoms with Gasteiger partial charge in [-0.05, 0) is 11.6 Å². The molecule has 0 fully saturated rings. The summed E-state index contributed by atoms with van der Waals surface area (Å²) in [6, 6.07) is 3.81. The van der Waals surface area contributed by atoms with E-state index in [4.69, 9.17) is 22.4 Å². The van der Waals surface area contributed by atoms with Gasteiger partial charge in [-0.1, -0.05) is 23.7 Å². The first-order valence-corrected chi connectivity index (χ1v) is 6.04. The first-order chi connectivity index (χ1) is 7.52. The van der Waals surface area contributed by atoms with Gasteiger partial charge in [-0.2, -0.15) is 11.8 Å². The monoisotopic (exact) mass is 263 g/mol. The first kappa shape index (κ1) is 13.3. The number of carboxylic acids is 1. The van der Waals surface area contributed by atoms with Crippen LogP contribution in [0.4, 0.5) is 4.39 Å². The minimum atomic E-state index is -1.06. The molecule has 0 bridgehead atoms. The van der Waals surface area contributed by atoms with Crippen LogP contribution in [0.3, 0.4) is 0 Å². The second-order valence-electron chi connectivity index (χ2n) is 3.17. The predicted octanol–water partition coefficient (Wildman–Crippen LogP) is 2.12. The van der Waals surface area contributed by atoms with Crippen LogP contribution >= 0.6 is 23.4 Å². The molecular formula is C10H11ClFNO2S. The minimum absolute atomic E-state index is 0.0700. The fraction of sp³-hybridized carbons (Fsp3) is 0.300. The van der Waals surface area contributed by atoms with Crippen LogP contribution in [0.5, 0.6) is 0 Å². The fourth-order valence-corrected chi connectivity index (χ4v) is 2.18. The second kappa shape index (κ2) is 6.08. The van der Waals surface area contributed by atoms with Crippen LogP contribution < -0.4 is 5.73 Å². The van der Waals surface area contributed by atoms with E-state index in [1.165, 1.54) is 17.8 Å². The average Bonchev–Trinajstić information content (AvgIpc) is 2.24. The number of benzene rings is 1. The predicted molar refractivity (Wildman–Crippen MR) is 63.2 cm³/mol. The highest BCUT2D eigenvalue weighted by atomic mass is 35.5. The van der Waals surface area contributed by atoms with Crippen LogP contribution in [0.15, 0.2) is 18.2 Å². The van der Waals surface area contributed by atoms with Crippen molar-refractivity contribution in [2.24, 2.45) is 5.73 Å². The molecule has 0 radical (unpaired) electrons. The third kappa shape index (κ3) is 3.66. The lowest BCUT2D eigenvalue weighted by Gasteiger charge is -2.07. The lowest BCUT2D eigenvalue weighted by Crippen LogP contribution is -2.32. The molecule has 1 aromatic carbocycles. The Balaban J connectivity index is 2.49. The average molecular weight is 264 g/mol. The molecule has 1 atom stereocenters. The van der Waals surface area contributed by atoms with Gasteiger partial charge in [-0.15, -0.1) is 0 Å². The first-order valence-electron chi connectivity index (χ1n) is 4.51. The van der Waals surface area contributed by atoms with Gasteiger partial charge in [0.05, 0.1) is 5.02 Å². The number of aliphatic carboxylic acids is 1. The summed E-state index contributed by atoms with van der Waals surface area (Å²) in [5.74, 6) is -0.922. The number of carbonyl (C=O) groups is 1. The molecule has 3 nitrogen and oxygen atoms in total. The van der Waals surface area contributed by atoms with E-state index < -0.39 is 17.8 Å². The fourth-order valence-electron chi connectivity index (χ4n) is 1.03. The van der Waals surface area contributed by atoms with E-state index >= 15 is 0 Å². The highest BCUT2D eigenvalue weighted by molar-refractivity contribution is 7.98. The molecule has 0 aliphatic heterocycles. The van der Waals surface area contributed by atoms with Gasteiger partial charge in [0.25, 0.3) is 0 Å². The van der Waals surface area contributed by atoms with Gasteiger partial charge >= 0.3 is 5.97 Å². The lowest BCUT2D eigenvalue weighted by atomic mass is 10.2. The maximum absolute atomic E-state index is 13.4. The van der Waals surface area contributed by atoms with E-state index in [9.17, 15) is 9.18 Å². The standard InChI is InChI=1S/C10H11ClFNO2S/c11-7-3-1-2-6(9(7)12)4-16-5-8(13)10(14)15/h1-3,8H,4-5,13H2,(H,14,15)/t8-/m1/s1. The molecule has 16 heavy (non-hydrogen) atoms. The van der Waals surface area contributed by atoms with Crippen molar-refractivity contribution in [2.45, 2.75) is 11.8 Å². The summed E-state index contributed by atoms with van der Waals surface area (Å²) in [5.41, 5.74) is 5.76. The van der Waals surface area contributed by atoms with E-state index in [2.05, 4.69) is 0 Å². The van der Waals surface area contributed by atoms with Gasteiger partial charge in [0.2, 0.25) is 0 Å². The van der Waals surface area contributed by atoms with E-state index in [-0.39, 0.29) is 10.8 Å². The molecule has 0 aliphatic rings. The summed E-state index contributed by atoms with van der Waals surface area (Å²) in [6.07, 6.45) is 0. The molecule has 6 heteroatoms. The minimum Gasteiger partial charge on any atom is -0.480 e. The molecule has 0 saturated carbocycles. The number of thioether (sulfide) groups is 1. The van der Waals surface area contributed by atoms with Crippen LogP contribution in [0.25, 0.3) is 0 Å². The van der Waals surface area contributed by atoms with Crippen molar-refractivity contribution in [3.8, 4) is 0 Å². The summed E-state index contributed by atoms with van der Waals surface area (Å²) >= 11 is 6.86. The molecule has 0 aliphatic carbocycles. The number of hydrogen-bond acceptors (Lipinski definition) is 3. The molecule has 0 heterocycles. The zero-order chi connectivity index (χ0) is 12.1. The summed E-state index contributed by atoms with van der Waals surface area (Å²) in [7, 11) is 0. The molecule has 0 aromatic heterocycles. The third-order valence-electron chi connectivity index (χ3n) is 1.90.